The first kappa shape index (κ1) is 23.9. The minimum absolute atomic E-state index is 0.177. The van der Waals surface area contributed by atoms with Crippen molar-refractivity contribution in [3.05, 3.63) is 75.9 Å². The van der Waals surface area contributed by atoms with E-state index in [4.69, 9.17) is 0 Å². The molecule has 3 aromatic rings. The molecule has 1 aromatic heterocycles. The maximum absolute atomic E-state index is 11.4. The maximum atomic E-state index is 11.4. The second kappa shape index (κ2) is 9.40. The third-order valence-corrected chi connectivity index (χ3v) is 6.41. The van der Waals surface area contributed by atoms with Crippen molar-refractivity contribution >= 4 is 0 Å². The highest BCUT2D eigenvalue weighted by Crippen LogP contribution is 2.46. The largest absolute Gasteiger partial charge is 0.507 e. The van der Waals surface area contributed by atoms with E-state index in [0.717, 1.165) is 27.9 Å². The molecule has 32 heavy (non-hydrogen) atoms. The topological polar surface area (TPSA) is 69.1 Å². The van der Waals surface area contributed by atoms with E-state index in [1.165, 1.54) is 11.1 Å². The Bertz CT molecular complexity index is 994. The van der Waals surface area contributed by atoms with Gasteiger partial charge in [0.05, 0.1) is 12.2 Å². The molecule has 2 aromatic carbocycles. The Morgan fingerprint density at radius 1 is 0.625 bits per heavy atom. The number of hydrogen-bond acceptors (Lipinski definition) is 3. The lowest BCUT2D eigenvalue weighted by Gasteiger charge is -2.26. The summed E-state index contributed by atoms with van der Waals surface area (Å²) in [6.07, 6.45) is 3.44. The van der Waals surface area contributed by atoms with Gasteiger partial charge in [0.25, 0.3) is 0 Å². The predicted molar refractivity (Wildman–Crippen MR) is 132 cm³/mol. The van der Waals surface area contributed by atoms with Gasteiger partial charge in [-0.05, 0) is 45.9 Å². The SMILES string of the molecule is CC(C)c1cc(C(C)C)c(O)c(C(c2cnc[nH]2)c2cc(C(C)C)cc(C(C)C)c2O)c1. The van der Waals surface area contributed by atoms with Crippen LogP contribution in [-0.4, -0.2) is 20.2 Å². The minimum atomic E-state index is -0.357. The van der Waals surface area contributed by atoms with Gasteiger partial charge in [-0.1, -0.05) is 79.7 Å². The summed E-state index contributed by atoms with van der Waals surface area (Å²) in [6, 6.07) is 8.41. The molecule has 4 heteroatoms. The number of hydrogen-bond donors (Lipinski definition) is 3. The number of aromatic amines is 1. The van der Waals surface area contributed by atoms with Gasteiger partial charge < -0.3 is 15.2 Å². The van der Waals surface area contributed by atoms with Gasteiger partial charge in [-0.15, -0.1) is 0 Å². The van der Waals surface area contributed by atoms with Crippen molar-refractivity contribution in [1.29, 1.82) is 0 Å². The number of nitrogens with zero attached hydrogens (tertiary/aromatic N) is 1. The minimum Gasteiger partial charge on any atom is -0.507 e. The highest BCUT2D eigenvalue weighted by Gasteiger charge is 2.29. The molecule has 4 nitrogen and oxygen atoms in total. The lowest BCUT2D eigenvalue weighted by molar-refractivity contribution is 0.447. The number of H-pyrrole nitrogens is 1. The van der Waals surface area contributed by atoms with Crippen LogP contribution in [0.2, 0.25) is 0 Å². The normalized spacial score (nSPS) is 12.2. The molecule has 0 aliphatic heterocycles. The number of benzene rings is 2. The Morgan fingerprint density at radius 2 is 1.03 bits per heavy atom. The van der Waals surface area contributed by atoms with Crippen LogP contribution in [0.1, 0.15) is 124 Å². The van der Waals surface area contributed by atoms with Gasteiger partial charge in [-0.3, -0.25) is 0 Å². The second-order valence-corrected chi connectivity index (χ2v) is 10.2. The van der Waals surface area contributed by atoms with Gasteiger partial charge in [0.15, 0.2) is 0 Å². The maximum Gasteiger partial charge on any atom is 0.123 e. The number of phenols is 2. The van der Waals surface area contributed by atoms with E-state index in [1.807, 2.05) is 0 Å². The number of aromatic nitrogens is 2. The first-order valence-corrected chi connectivity index (χ1v) is 11.7. The molecule has 0 amide bonds. The van der Waals surface area contributed by atoms with E-state index in [9.17, 15) is 10.2 Å². The summed E-state index contributed by atoms with van der Waals surface area (Å²) in [7, 11) is 0. The molecule has 1 heterocycles. The van der Waals surface area contributed by atoms with Crippen LogP contribution in [0.5, 0.6) is 11.5 Å². The van der Waals surface area contributed by atoms with Crippen molar-refractivity contribution in [1.82, 2.24) is 9.97 Å². The van der Waals surface area contributed by atoms with Crippen LogP contribution in [0.15, 0.2) is 36.8 Å². The quantitative estimate of drug-likeness (QED) is 0.361. The average Bonchev–Trinajstić information content (AvgIpc) is 3.24. The lowest BCUT2D eigenvalue weighted by Crippen LogP contribution is -2.10. The van der Waals surface area contributed by atoms with Gasteiger partial charge >= 0.3 is 0 Å². The number of nitrogens with one attached hydrogen (secondary N) is 1. The molecule has 0 saturated heterocycles. The van der Waals surface area contributed by atoms with Crippen molar-refractivity contribution in [3.8, 4) is 11.5 Å². The average molecular weight is 435 g/mol. The van der Waals surface area contributed by atoms with E-state index in [1.54, 1.807) is 12.5 Å². The zero-order valence-corrected chi connectivity index (χ0v) is 20.7. The smallest absolute Gasteiger partial charge is 0.123 e. The standard InChI is InChI=1S/C28H38N2O2/c1-15(2)19-9-21(17(5)6)27(31)23(11-19)26(25-13-29-14-30-25)24-12-20(16(3)4)10-22(18(7)8)28(24)32/h9-18,26,31-32H,1-8H3,(H,29,30). The molecule has 0 unspecified atom stereocenters. The fourth-order valence-corrected chi connectivity index (χ4v) is 4.32. The van der Waals surface area contributed by atoms with Crippen molar-refractivity contribution < 1.29 is 10.2 Å². The molecular weight excluding hydrogens is 396 g/mol. The van der Waals surface area contributed by atoms with E-state index >= 15 is 0 Å². The van der Waals surface area contributed by atoms with Gasteiger partial charge in [0.1, 0.15) is 11.5 Å². The summed E-state index contributed by atoms with van der Waals surface area (Å²) in [5.74, 6) is 1.22. The van der Waals surface area contributed by atoms with Gasteiger partial charge in [0.2, 0.25) is 0 Å². The van der Waals surface area contributed by atoms with E-state index in [-0.39, 0.29) is 17.8 Å². The molecular formula is C28H38N2O2. The molecule has 0 atom stereocenters. The lowest BCUT2D eigenvalue weighted by atomic mass is 9.80. The summed E-state index contributed by atoms with van der Waals surface area (Å²) < 4.78 is 0. The van der Waals surface area contributed by atoms with Gasteiger partial charge in [0, 0.05) is 23.0 Å². The fourth-order valence-electron chi connectivity index (χ4n) is 4.32. The van der Waals surface area contributed by atoms with Crippen molar-refractivity contribution in [2.75, 3.05) is 0 Å². The molecule has 0 bridgehead atoms. The molecule has 0 saturated carbocycles. The number of rotatable bonds is 7. The molecule has 3 N–H and O–H groups in total. The van der Waals surface area contributed by atoms with E-state index in [0.29, 0.717) is 23.3 Å². The van der Waals surface area contributed by atoms with Crippen LogP contribution in [0.4, 0.5) is 0 Å². The Morgan fingerprint density at radius 3 is 1.34 bits per heavy atom. The summed E-state index contributed by atoms with van der Waals surface area (Å²) in [5.41, 5.74) is 6.66. The van der Waals surface area contributed by atoms with E-state index < -0.39 is 0 Å². The molecule has 0 spiro atoms. The molecule has 0 aliphatic rings. The Labute approximate surface area is 192 Å². The van der Waals surface area contributed by atoms with Crippen LogP contribution < -0.4 is 0 Å². The van der Waals surface area contributed by atoms with Gasteiger partial charge in [-0.25, -0.2) is 4.98 Å². The fraction of sp³-hybridized carbons (Fsp3) is 0.464. The zero-order chi connectivity index (χ0) is 23.7. The number of aromatic hydroxyl groups is 2. The highest BCUT2D eigenvalue weighted by atomic mass is 16.3. The zero-order valence-electron chi connectivity index (χ0n) is 20.7. The molecule has 0 radical (unpaired) electrons. The molecule has 172 valence electrons. The van der Waals surface area contributed by atoms with Crippen molar-refractivity contribution in [2.45, 2.75) is 85.0 Å². The molecule has 0 aliphatic carbocycles. The first-order chi connectivity index (χ1) is 15.0. The molecule has 0 fully saturated rings. The summed E-state index contributed by atoms with van der Waals surface area (Å²) in [4.78, 5) is 7.51. The number of phenolic OH excluding ortho intramolecular Hbond substituents is 2. The third kappa shape index (κ3) is 4.55. The van der Waals surface area contributed by atoms with Crippen LogP contribution in [0, 0.1) is 0 Å². The van der Waals surface area contributed by atoms with Crippen LogP contribution in [-0.2, 0) is 0 Å². The highest BCUT2D eigenvalue weighted by molar-refractivity contribution is 5.58. The Balaban J connectivity index is 2.40. The summed E-state index contributed by atoms with van der Waals surface area (Å²) in [5, 5.41) is 22.9. The third-order valence-electron chi connectivity index (χ3n) is 6.41. The van der Waals surface area contributed by atoms with Crippen LogP contribution >= 0.6 is 0 Å². The summed E-state index contributed by atoms with van der Waals surface area (Å²) >= 11 is 0. The monoisotopic (exact) mass is 434 g/mol. The Hall–Kier alpha value is -2.75. The first-order valence-electron chi connectivity index (χ1n) is 11.7. The van der Waals surface area contributed by atoms with Crippen LogP contribution in [0.3, 0.4) is 0 Å². The van der Waals surface area contributed by atoms with Crippen molar-refractivity contribution in [3.63, 3.8) is 0 Å². The Kier molecular flexibility index (Phi) is 7.02. The van der Waals surface area contributed by atoms with Crippen LogP contribution in [0.25, 0.3) is 0 Å². The van der Waals surface area contributed by atoms with Crippen molar-refractivity contribution in [2.24, 2.45) is 0 Å². The van der Waals surface area contributed by atoms with E-state index in [2.05, 4.69) is 89.6 Å². The summed E-state index contributed by atoms with van der Waals surface area (Å²) in [6.45, 7) is 17.1. The van der Waals surface area contributed by atoms with Gasteiger partial charge in [-0.2, -0.15) is 0 Å². The molecule has 3 rings (SSSR count). The number of imidazole rings is 1. The second-order valence-electron chi connectivity index (χ2n) is 10.2. The predicted octanol–water partition coefficient (Wildman–Crippen LogP) is 7.49.